The highest BCUT2D eigenvalue weighted by Crippen LogP contribution is 2.28. The van der Waals surface area contributed by atoms with Gasteiger partial charge in [-0.1, -0.05) is 24.7 Å². The quantitative estimate of drug-likeness (QED) is 0.644. The average molecular weight is 246 g/mol. The zero-order chi connectivity index (χ0) is 12.9. The molecule has 2 nitrogen and oxygen atoms in total. The van der Waals surface area contributed by atoms with E-state index in [0.29, 0.717) is 0 Å². The van der Waals surface area contributed by atoms with Crippen LogP contribution >= 0.6 is 0 Å². The topological polar surface area (TPSA) is 40.5 Å². The smallest absolute Gasteiger partial charge is 0.126 e. The molecule has 18 heavy (non-hydrogen) atoms. The van der Waals surface area contributed by atoms with Crippen molar-refractivity contribution in [2.75, 3.05) is 0 Å². The normalized spacial score (nSPS) is 25.2. The van der Waals surface area contributed by atoms with Crippen LogP contribution in [0, 0.1) is 23.7 Å². The van der Waals surface area contributed by atoms with E-state index in [1.165, 1.54) is 12.8 Å². The largest absolute Gasteiger partial charge is 0.378 e. The predicted octanol–water partition coefficient (Wildman–Crippen LogP) is 2.38. The first kappa shape index (κ1) is 13.5. The lowest BCUT2D eigenvalue weighted by Crippen LogP contribution is -2.29. The summed E-state index contributed by atoms with van der Waals surface area (Å²) in [6.07, 6.45) is 9.58. The van der Waals surface area contributed by atoms with Gasteiger partial charge in [-0.05, 0) is 63.2 Å². The maximum absolute atomic E-state index is 10.2. The van der Waals surface area contributed by atoms with Gasteiger partial charge in [-0.2, -0.15) is 0 Å². The minimum atomic E-state index is -0.831. The van der Waals surface area contributed by atoms with Gasteiger partial charge in [-0.25, -0.2) is 0 Å². The molecular weight excluding hydrogens is 224 g/mol. The third-order valence-electron chi connectivity index (χ3n) is 4.01. The van der Waals surface area contributed by atoms with Crippen LogP contribution in [0.4, 0.5) is 0 Å². The van der Waals surface area contributed by atoms with Gasteiger partial charge in [0, 0.05) is 0 Å². The lowest BCUT2D eigenvalue weighted by Gasteiger charge is -2.26. The van der Waals surface area contributed by atoms with Gasteiger partial charge in [0.1, 0.15) is 11.2 Å². The Morgan fingerprint density at radius 3 is 1.22 bits per heavy atom. The van der Waals surface area contributed by atoms with Crippen LogP contribution in [0.3, 0.4) is 0 Å². The van der Waals surface area contributed by atoms with Crippen LogP contribution in [-0.2, 0) is 0 Å². The lowest BCUT2D eigenvalue weighted by molar-refractivity contribution is 0.0601. The molecule has 2 aliphatic rings. The first-order chi connectivity index (χ1) is 8.62. The van der Waals surface area contributed by atoms with E-state index < -0.39 is 11.2 Å². The molecule has 2 fully saturated rings. The summed E-state index contributed by atoms with van der Waals surface area (Å²) in [7, 11) is 0. The number of rotatable bonds is 0. The molecule has 0 aliphatic heterocycles. The molecule has 0 heterocycles. The Morgan fingerprint density at radius 1 is 0.556 bits per heavy atom. The van der Waals surface area contributed by atoms with Gasteiger partial charge < -0.3 is 10.2 Å². The van der Waals surface area contributed by atoms with Crippen LogP contribution in [0.1, 0.15) is 64.2 Å². The predicted molar refractivity (Wildman–Crippen MR) is 71.6 cm³/mol. The Hall–Kier alpha value is -0.960. The van der Waals surface area contributed by atoms with Gasteiger partial charge in [-0.3, -0.25) is 0 Å². The zero-order valence-corrected chi connectivity index (χ0v) is 11.0. The number of hydrogen-bond acceptors (Lipinski definition) is 2. The first-order valence-corrected chi connectivity index (χ1v) is 7.11. The van der Waals surface area contributed by atoms with Gasteiger partial charge in [0.05, 0.1) is 0 Å². The summed E-state index contributed by atoms with van der Waals surface area (Å²) in [4.78, 5) is 0. The van der Waals surface area contributed by atoms with Crippen LogP contribution in [0.25, 0.3) is 0 Å². The molecule has 0 atom stereocenters. The van der Waals surface area contributed by atoms with E-state index >= 15 is 0 Å². The highest BCUT2D eigenvalue weighted by molar-refractivity contribution is 5.33. The molecular formula is C16H22O2. The van der Waals surface area contributed by atoms with Gasteiger partial charge in [-0.15, -0.1) is 0 Å². The van der Waals surface area contributed by atoms with Gasteiger partial charge in [0.15, 0.2) is 0 Å². The van der Waals surface area contributed by atoms with Crippen molar-refractivity contribution >= 4 is 0 Å². The molecule has 0 bridgehead atoms. The molecule has 2 N–H and O–H groups in total. The third kappa shape index (κ3) is 3.77. The second-order valence-electron chi connectivity index (χ2n) is 5.68. The second kappa shape index (κ2) is 5.79. The Labute approximate surface area is 110 Å². The monoisotopic (exact) mass is 246 g/mol. The standard InChI is InChI=1S/C16H22O2/c17-15(9-3-1-4-10-15)13-7-8-14-16(18)11-5-2-6-12-16/h17-18H,1-6,9-12H2. The Kier molecular flexibility index (Phi) is 4.33. The summed E-state index contributed by atoms with van der Waals surface area (Å²) >= 11 is 0. The molecule has 0 unspecified atom stereocenters. The van der Waals surface area contributed by atoms with Crippen molar-refractivity contribution < 1.29 is 10.2 Å². The van der Waals surface area contributed by atoms with Crippen molar-refractivity contribution in [1.29, 1.82) is 0 Å². The van der Waals surface area contributed by atoms with Crippen LogP contribution in [0.2, 0.25) is 0 Å². The molecule has 0 aromatic rings. The molecule has 0 aromatic carbocycles. The average Bonchev–Trinajstić information content (AvgIpc) is 2.37. The van der Waals surface area contributed by atoms with Crippen LogP contribution in [0.5, 0.6) is 0 Å². The third-order valence-corrected chi connectivity index (χ3v) is 4.01. The van der Waals surface area contributed by atoms with E-state index in [-0.39, 0.29) is 0 Å². The molecule has 2 aliphatic carbocycles. The fourth-order valence-electron chi connectivity index (χ4n) is 2.82. The van der Waals surface area contributed by atoms with Crippen molar-refractivity contribution in [2.45, 2.75) is 75.4 Å². The number of hydrogen-bond donors (Lipinski definition) is 2. The fraction of sp³-hybridized carbons (Fsp3) is 0.750. The zero-order valence-electron chi connectivity index (χ0n) is 11.0. The first-order valence-electron chi connectivity index (χ1n) is 7.11. The Morgan fingerprint density at radius 2 is 0.889 bits per heavy atom. The highest BCUT2D eigenvalue weighted by Gasteiger charge is 2.27. The molecule has 0 saturated heterocycles. The van der Waals surface area contributed by atoms with Gasteiger partial charge >= 0.3 is 0 Å². The molecule has 98 valence electrons. The Balaban J connectivity index is 1.95. The van der Waals surface area contributed by atoms with E-state index in [1.54, 1.807) is 0 Å². The van der Waals surface area contributed by atoms with E-state index in [2.05, 4.69) is 23.7 Å². The SMILES string of the molecule is OC1(C#CC#CC2(O)CCCCC2)CCCCC1. The van der Waals surface area contributed by atoms with Crippen molar-refractivity contribution in [3.63, 3.8) is 0 Å². The summed E-state index contributed by atoms with van der Waals surface area (Å²) in [5.41, 5.74) is -1.66. The minimum absolute atomic E-state index is 0.756. The van der Waals surface area contributed by atoms with Crippen LogP contribution in [-0.4, -0.2) is 21.4 Å². The second-order valence-corrected chi connectivity index (χ2v) is 5.68. The summed E-state index contributed by atoms with van der Waals surface area (Å²) in [6, 6.07) is 0. The molecule has 2 heteroatoms. The van der Waals surface area contributed by atoms with Crippen molar-refractivity contribution in [3.8, 4) is 23.7 Å². The fourth-order valence-corrected chi connectivity index (χ4v) is 2.82. The Bertz CT molecular complexity index is 350. The van der Waals surface area contributed by atoms with E-state index in [1.807, 2.05) is 0 Å². The van der Waals surface area contributed by atoms with Gasteiger partial charge in [0.2, 0.25) is 0 Å². The summed E-state index contributed by atoms with van der Waals surface area (Å²) in [5, 5.41) is 20.3. The molecule has 0 radical (unpaired) electrons. The van der Waals surface area contributed by atoms with Gasteiger partial charge in [0.25, 0.3) is 0 Å². The van der Waals surface area contributed by atoms with E-state index in [4.69, 9.17) is 0 Å². The molecule has 0 amide bonds. The maximum Gasteiger partial charge on any atom is 0.126 e. The molecule has 2 rings (SSSR count). The summed E-state index contributed by atoms with van der Waals surface area (Å²) < 4.78 is 0. The van der Waals surface area contributed by atoms with E-state index in [9.17, 15) is 10.2 Å². The van der Waals surface area contributed by atoms with E-state index in [0.717, 1.165) is 51.4 Å². The minimum Gasteiger partial charge on any atom is -0.378 e. The summed E-state index contributed by atoms with van der Waals surface area (Å²) in [6.45, 7) is 0. The number of aliphatic hydroxyl groups is 2. The van der Waals surface area contributed by atoms with Crippen molar-refractivity contribution in [3.05, 3.63) is 0 Å². The molecule has 2 saturated carbocycles. The molecule has 0 aromatic heterocycles. The lowest BCUT2D eigenvalue weighted by atomic mass is 9.85. The maximum atomic E-state index is 10.2. The van der Waals surface area contributed by atoms with Crippen LogP contribution in [0.15, 0.2) is 0 Å². The van der Waals surface area contributed by atoms with Crippen LogP contribution < -0.4 is 0 Å². The molecule has 0 spiro atoms. The van der Waals surface area contributed by atoms with Crippen molar-refractivity contribution in [2.24, 2.45) is 0 Å². The summed E-state index contributed by atoms with van der Waals surface area (Å²) in [5.74, 6) is 11.2. The highest BCUT2D eigenvalue weighted by atomic mass is 16.3. The van der Waals surface area contributed by atoms with Crippen molar-refractivity contribution in [1.82, 2.24) is 0 Å².